The number of benzene rings is 2. The first-order valence-electron chi connectivity index (χ1n) is 7.59. The van der Waals surface area contributed by atoms with Crippen molar-refractivity contribution in [1.29, 1.82) is 0 Å². The van der Waals surface area contributed by atoms with Crippen LogP contribution in [0.4, 0.5) is 9.05 Å². The van der Waals surface area contributed by atoms with E-state index in [4.69, 9.17) is 19.3 Å². The van der Waals surface area contributed by atoms with Gasteiger partial charge in [-0.25, -0.2) is 9.74 Å². The van der Waals surface area contributed by atoms with Gasteiger partial charge < -0.3 is 19.3 Å². The second-order valence-electron chi connectivity index (χ2n) is 5.00. The third-order valence-electron chi connectivity index (χ3n) is 3.39. The molecule has 0 aliphatic carbocycles. The summed E-state index contributed by atoms with van der Waals surface area (Å²) in [4.78, 5) is 17.1. The number of aliphatic hydroxyl groups excluding tert-OH is 1. The number of carbonyl (C=O) groups excluding carboxylic acids is 1. The molecule has 27 heavy (non-hydrogen) atoms. The van der Waals surface area contributed by atoms with Crippen LogP contribution in [0.25, 0.3) is 0 Å². The van der Waals surface area contributed by atoms with Gasteiger partial charge in [-0.3, -0.25) is 0 Å². The molecule has 0 fully saturated rings. The van der Waals surface area contributed by atoms with Crippen LogP contribution in [0.3, 0.4) is 0 Å². The van der Waals surface area contributed by atoms with Crippen molar-refractivity contribution in [2.45, 2.75) is 12.9 Å². The second kappa shape index (κ2) is 11.8. The normalized spacial score (nSPS) is 11.0. The summed E-state index contributed by atoms with van der Waals surface area (Å²) in [6.45, 7) is 0.601. The average Bonchev–Trinajstić information content (AvgIpc) is 2.73. The van der Waals surface area contributed by atoms with E-state index in [0.29, 0.717) is 6.61 Å². The number of hydrogen-bond acceptors (Lipinski definition) is 7. The molecule has 0 aromatic heterocycles. The van der Waals surface area contributed by atoms with Crippen molar-refractivity contribution < 1.29 is 43.0 Å². The number of aliphatic hydroxyl groups is 1. The fourth-order valence-corrected chi connectivity index (χ4v) is 2.12. The Morgan fingerprint density at radius 3 is 2.33 bits per heavy atom. The lowest BCUT2D eigenvalue weighted by Crippen LogP contribution is -2.08. The minimum absolute atomic E-state index is 0.218. The monoisotopic (exact) mass is 386 g/mol. The SMILES string of the molecule is COCc1ccccc1OC.COc1ccc(C(O)OF)c(C(=O)OF)c1. The summed E-state index contributed by atoms with van der Waals surface area (Å²) >= 11 is 0. The molecule has 0 bridgehead atoms. The molecule has 0 heterocycles. The van der Waals surface area contributed by atoms with Gasteiger partial charge in [-0.1, -0.05) is 18.2 Å². The van der Waals surface area contributed by atoms with Crippen LogP contribution in [0.1, 0.15) is 27.8 Å². The van der Waals surface area contributed by atoms with Crippen molar-refractivity contribution in [2.75, 3.05) is 21.3 Å². The zero-order valence-electron chi connectivity index (χ0n) is 15.0. The minimum atomic E-state index is -2.00. The van der Waals surface area contributed by atoms with Gasteiger partial charge >= 0.3 is 5.97 Å². The van der Waals surface area contributed by atoms with E-state index in [1.54, 1.807) is 14.2 Å². The van der Waals surface area contributed by atoms with Crippen molar-refractivity contribution in [2.24, 2.45) is 0 Å². The summed E-state index contributed by atoms with van der Waals surface area (Å²) in [5.41, 5.74) is 0.412. The maximum Gasteiger partial charge on any atom is 0.380 e. The highest BCUT2D eigenvalue weighted by Crippen LogP contribution is 2.25. The first-order valence-corrected chi connectivity index (χ1v) is 7.59. The number of rotatable bonds is 7. The molecule has 0 amide bonds. The molecule has 1 unspecified atom stereocenters. The van der Waals surface area contributed by atoms with Crippen LogP contribution in [0, 0.1) is 0 Å². The van der Waals surface area contributed by atoms with E-state index in [1.165, 1.54) is 13.2 Å². The standard InChI is InChI=1S/C9H8F2O5.C9H12O2/c1-14-5-2-3-6(8(12)15-10)7(4-5)9(13)16-11;1-10-7-8-5-3-4-6-9(8)11-2/h2-4,8,12H,1H3;3-6H,7H2,1-2H3. The molecule has 2 aromatic rings. The van der Waals surface area contributed by atoms with Crippen molar-refractivity contribution in [3.05, 3.63) is 59.2 Å². The lowest BCUT2D eigenvalue weighted by Gasteiger charge is -2.10. The van der Waals surface area contributed by atoms with Crippen LogP contribution in [-0.4, -0.2) is 32.4 Å². The number of halogens is 2. The lowest BCUT2D eigenvalue weighted by molar-refractivity contribution is -0.260. The molecule has 2 rings (SSSR count). The van der Waals surface area contributed by atoms with Crippen LogP contribution >= 0.6 is 0 Å². The van der Waals surface area contributed by atoms with E-state index < -0.39 is 17.8 Å². The Labute approximate surface area is 154 Å². The number of methoxy groups -OCH3 is 3. The van der Waals surface area contributed by atoms with Crippen molar-refractivity contribution >= 4 is 5.97 Å². The van der Waals surface area contributed by atoms with E-state index in [2.05, 4.69) is 9.88 Å². The average molecular weight is 386 g/mol. The molecule has 0 spiro atoms. The largest absolute Gasteiger partial charge is 0.497 e. The molecular formula is C18H20F2O7. The molecule has 0 saturated heterocycles. The summed E-state index contributed by atoms with van der Waals surface area (Å²) in [6.07, 6.45) is -2.00. The van der Waals surface area contributed by atoms with E-state index in [0.717, 1.165) is 23.4 Å². The Bertz CT molecular complexity index is 725. The molecular weight excluding hydrogens is 366 g/mol. The molecule has 148 valence electrons. The summed E-state index contributed by atoms with van der Waals surface area (Å²) in [6, 6.07) is 11.4. The van der Waals surface area contributed by atoms with Crippen molar-refractivity contribution in [3.63, 3.8) is 0 Å². The molecule has 2 aromatic carbocycles. The van der Waals surface area contributed by atoms with Gasteiger partial charge in [0.05, 0.1) is 26.4 Å². The summed E-state index contributed by atoms with van der Waals surface area (Å²) < 4.78 is 38.4. The number of ether oxygens (including phenoxy) is 3. The van der Waals surface area contributed by atoms with Gasteiger partial charge in [0.2, 0.25) is 6.29 Å². The van der Waals surface area contributed by atoms with Gasteiger partial charge in [-0.2, -0.15) is 4.94 Å². The Hall–Kier alpha value is -2.75. The molecule has 0 aliphatic heterocycles. The molecule has 0 radical (unpaired) electrons. The first-order chi connectivity index (χ1) is 13.0. The van der Waals surface area contributed by atoms with E-state index in [-0.39, 0.29) is 11.3 Å². The Morgan fingerprint density at radius 2 is 1.78 bits per heavy atom. The fourth-order valence-electron chi connectivity index (χ4n) is 2.12. The molecule has 1 N–H and O–H groups in total. The highest BCUT2D eigenvalue weighted by molar-refractivity contribution is 5.91. The maximum atomic E-state index is 11.8. The zero-order valence-corrected chi connectivity index (χ0v) is 15.0. The number of para-hydroxylation sites is 1. The van der Waals surface area contributed by atoms with E-state index in [9.17, 15) is 13.8 Å². The summed E-state index contributed by atoms with van der Waals surface area (Å²) in [5, 5.41) is 9.05. The van der Waals surface area contributed by atoms with Crippen LogP contribution in [-0.2, 0) is 21.2 Å². The summed E-state index contributed by atoms with van der Waals surface area (Å²) in [5.74, 6) is -0.283. The van der Waals surface area contributed by atoms with Crippen LogP contribution in [0.15, 0.2) is 42.5 Å². The van der Waals surface area contributed by atoms with Crippen molar-refractivity contribution in [1.82, 2.24) is 0 Å². The highest BCUT2D eigenvalue weighted by Gasteiger charge is 2.21. The van der Waals surface area contributed by atoms with Crippen LogP contribution < -0.4 is 9.47 Å². The first kappa shape index (κ1) is 22.3. The van der Waals surface area contributed by atoms with E-state index >= 15 is 0 Å². The quantitative estimate of drug-likeness (QED) is 0.730. The van der Waals surface area contributed by atoms with Crippen molar-refractivity contribution in [3.8, 4) is 11.5 Å². The lowest BCUT2D eigenvalue weighted by atomic mass is 10.1. The topological polar surface area (TPSA) is 83.5 Å². The smallest absolute Gasteiger partial charge is 0.380 e. The molecule has 0 aliphatic rings. The zero-order chi connectivity index (χ0) is 20.2. The molecule has 9 heteroatoms. The Balaban J connectivity index is 0.000000289. The third-order valence-corrected chi connectivity index (χ3v) is 3.39. The second-order valence-corrected chi connectivity index (χ2v) is 5.00. The highest BCUT2D eigenvalue weighted by atomic mass is 19.3. The van der Waals surface area contributed by atoms with Gasteiger partial charge in [-0.15, -0.1) is 0 Å². The predicted octanol–water partition coefficient (Wildman–Crippen LogP) is 3.47. The van der Waals surface area contributed by atoms with Crippen LogP contribution in [0.5, 0.6) is 11.5 Å². The van der Waals surface area contributed by atoms with Crippen LogP contribution in [0.2, 0.25) is 0 Å². The fraction of sp³-hybridized carbons (Fsp3) is 0.278. The maximum absolute atomic E-state index is 11.8. The molecule has 7 nitrogen and oxygen atoms in total. The van der Waals surface area contributed by atoms with Gasteiger partial charge in [0.15, 0.2) is 0 Å². The Morgan fingerprint density at radius 1 is 1.07 bits per heavy atom. The van der Waals surface area contributed by atoms with Gasteiger partial charge in [0, 0.05) is 22.8 Å². The van der Waals surface area contributed by atoms with E-state index in [1.807, 2.05) is 24.3 Å². The van der Waals surface area contributed by atoms with Gasteiger partial charge in [0.25, 0.3) is 0 Å². The van der Waals surface area contributed by atoms with Gasteiger partial charge in [-0.05, 0) is 28.8 Å². The number of carbonyl (C=O) groups is 1. The molecule has 1 atom stereocenters. The third kappa shape index (κ3) is 6.48. The summed E-state index contributed by atoms with van der Waals surface area (Å²) in [7, 11) is 4.66. The minimum Gasteiger partial charge on any atom is -0.497 e. The molecule has 0 saturated carbocycles. The Kier molecular flexibility index (Phi) is 9.73. The number of hydrogen-bond donors (Lipinski definition) is 1. The predicted molar refractivity (Wildman–Crippen MR) is 90.4 cm³/mol. The van der Waals surface area contributed by atoms with Gasteiger partial charge in [0.1, 0.15) is 11.5 Å².